The molecule has 0 fully saturated rings. The summed E-state index contributed by atoms with van der Waals surface area (Å²) in [6.45, 7) is 3.90. The minimum atomic E-state index is -3.42. The van der Waals surface area contributed by atoms with Crippen molar-refractivity contribution in [1.82, 2.24) is 5.01 Å². The lowest BCUT2D eigenvalue weighted by molar-refractivity contribution is -0.137. The van der Waals surface area contributed by atoms with Gasteiger partial charge in [-0.1, -0.05) is 44.2 Å². The molecule has 0 saturated carbocycles. The minimum Gasteiger partial charge on any atom is -0.284 e. The molecule has 2 aromatic carbocycles. The number of hydrazone groups is 1. The first-order valence-electron chi connectivity index (χ1n) is 9.96. The summed E-state index contributed by atoms with van der Waals surface area (Å²) in [5.74, 6) is -0.705. The lowest BCUT2D eigenvalue weighted by Gasteiger charge is -2.25. The number of hydrogen-bond acceptors (Lipinski definition) is 4. The summed E-state index contributed by atoms with van der Waals surface area (Å²) in [6.07, 6.45) is 2.77. The van der Waals surface area contributed by atoms with Gasteiger partial charge in [-0.2, -0.15) is 5.10 Å². The van der Waals surface area contributed by atoms with Gasteiger partial charge in [0, 0.05) is 23.6 Å². The van der Waals surface area contributed by atoms with E-state index in [9.17, 15) is 17.6 Å². The number of carbonyl (C=O) groups excluding carboxylic acids is 1. The number of halogens is 1. The van der Waals surface area contributed by atoms with Gasteiger partial charge in [-0.15, -0.1) is 0 Å². The van der Waals surface area contributed by atoms with E-state index < -0.39 is 16.1 Å². The van der Waals surface area contributed by atoms with Crippen LogP contribution >= 0.6 is 0 Å². The number of nitrogens with one attached hydrogen (secondary N) is 1. The molecule has 1 atom stereocenters. The lowest BCUT2D eigenvalue weighted by atomic mass is 9.96. The van der Waals surface area contributed by atoms with E-state index in [0.717, 1.165) is 6.26 Å². The molecule has 0 bridgehead atoms. The molecule has 1 aliphatic rings. The number of nitrogens with zero attached hydrogens (tertiary/aromatic N) is 2. The first kappa shape index (κ1) is 22.0. The molecule has 0 aromatic heterocycles. The maximum atomic E-state index is 14.6. The minimum absolute atomic E-state index is 0.131. The van der Waals surface area contributed by atoms with Gasteiger partial charge in [0.2, 0.25) is 15.9 Å². The van der Waals surface area contributed by atoms with E-state index in [2.05, 4.69) is 9.82 Å². The molecule has 0 saturated heterocycles. The molecule has 3 rings (SSSR count). The van der Waals surface area contributed by atoms with Gasteiger partial charge >= 0.3 is 0 Å². The largest absolute Gasteiger partial charge is 0.284 e. The Labute approximate surface area is 176 Å². The Morgan fingerprint density at radius 2 is 1.90 bits per heavy atom. The standard InChI is InChI=1S/C22H26FN3O3S/c1-4-15(5-2)22(27)26-21(18-11-6-7-12-19(18)23)14-20(24-26)16-9-8-10-17(13-16)25-30(3,28)29/h6-13,15,21,25H,4-5,14H2,1-3H3/t21-/m1/s1. The number of hydrogen-bond donors (Lipinski definition) is 1. The van der Waals surface area contributed by atoms with Crippen LogP contribution in [0.2, 0.25) is 0 Å². The number of benzene rings is 2. The quantitative estimate of drug-likeness (QED) is 0.709. The topological polar surface area (TPSA) is 78.8 Å². The van der Waals surface area contributed by atoms with Gasteiger partial charge in [0.05, 0.1) is 18.0 Å². The van der Waals surface area contributed by atoms with Gasteiger partial charge in [-0.3, -0.25) is 9.52 Å². The van der Waals surface area contributed by atoms with E-state index in [1.54, 1.807) is 42.5 Å². The highest BCUT2D eigenvalue weighted by molar-refractivity contribution is 7.92. The van der Waals surface area contributed by atoms with E-state index in [1.165, 1.54) is 11.1 Å². The van der Waals surface area contributed by atoms with Gasteiger partial charge in [-0.25, -0.2) is 17.8 Å². The highest BCUT2D eigenvalue weighted by Crippen LogP contribution is 2.36. The van der Waals surface area contributed by atoms with Crippen molar-refractivity contribution in [3.63, 3.8) is 0 Å². The van der Waals surface area contributed by atoms with Gasteiger partial charge in [0.1, 0.15) is 5.82 Å². The highest BCUT2D eigenvalue weighted by Gasteiger charge is 2.36. The monoisotopic (exact) mass is 431 g/mol. The maximum Gasteiger partial charge on any atom is 0.246 e. The Kier molecular flexibility index (Phi) is 6.55. The Morgan fingerprint density at radius 1 is 1.20 bits per heavy atom. The lowest BCUT2D eigenvalue weighted by Crippen LogP contribution is -2.32. The molecule has 30 heavy (non-hydrogen) atoms. The van der Waals surface area contributed by atoms with Crippen molar-refractivity contribution < 1.29 is 17.6 Å². The van der Waals surface area contributed by atoms with Gasteiger partial charge in [-0.05, 0) is 36.6 Å². The summed E-state index contributed by atoms with van der Waals surface area (Å²) in [6, 6.07) is 12.7. The van der Waals surface area contributed by atoms with Crippen LogP contribution in [0.5, 0.6) is 0 Å². The van der Waals surface area contributed by atoms with E-state index in [0.29, 0.717) is 41.8 Å². The van der Waals surface area contributed by atoms with Crippen molar-refractivity contribution in [2.24, 2.45) is 11.0 Å². The van der Waals surface area contributed by atoms with Crippen LogP contribution in [0.1, 0.15) is 50.3 Å². The molecule has 160 valence electrons. The SMILES string of the molecule is CCC(CC)C(=O)N1N=C(c2cccc(NS(C)(=O)=O)c2)C[C@@H]1c1ccccc1F. The van der Waals surface area contributed by atoms with Crippen LogP contribution in [0.25, 0.3) is 0 Å². The van der Waals surface area contributed by atoms with Crippen LogP contribution < -0.4 is 4.72 Å². The molecule has 8 heteroatoms. The predicted molar refractivity (Wildman–Crippen MR) is 116 cm³/mol. The molecule has 1 amide bonds. The van der Waals surface area contributed by atoms with Crippen LogP contribution in [0, 0.1) is 11.7 Å². The van der Waals surface area contributed by atoms with Crippen molar-refractivity contribution in [2.75, 3.05) is 11.0 Å². The molecule has 0 spiro atoms. The molecule has 0 unspecified atom stereocenters. The third-order valence-electron chi connectivity index (χ3n) is 5.23. The van der Waals surface area contributed by atoms with Crippen molar-refractivity contribution in [3.05, 3.63) is 65.5 Å². The normalized spacial score (nSPS) is 16.6. The van der Waals surface area contributed by atoms with Crippen molar-refractivity contribution >= 4 is 27.3 Å². The Morgan fingerprint density at radius 3 is 2.53 bits per heavy atom. The summed E-state index contributed by atoms with van der Waals surface area (Å²) in [5.41, 5.74) is 2.12. The van der Waals surface area contributed by atoms with Gasteiger partial charge < -0.3 is 0 Å². The van der Waals surface area contributed by atoms with E-state index in [1.807, 2.05) is 13.8 Å². The average Bonchev–Trinajstić information content (AvgIpc) is 3.13. The smallest absolute Gasteiger partial charge is 0.246 e. The summed E-state index contributed by atoms with van der Waals surface area (Å²) in [4.78, 5) is 13.1. The molecular formula is C22H26FN3O3S. The fourth-order valence-electron chi connectivity index (χ4n) is 3.68. The summed E-state index contributed by atoms with van der Waals surface area (Å²) in [7, 11) is -3.42. The molecule has 1 heterocycles. The zero-order chi connectivity index (χ0) is 21.9. The Balaban J connectivity index is 2.00. The van der Waals surface area contributed by atoms with E-state index in [-0.39, 0.29) is 17.6 Å². The van der Waals surface area contributed by atoms with Gasteiger partial charge in [0.25, 0.3) is 0 Å². The van der Waals surface area contributed by atoms with Crippen molar-refractivity contribution in [2.45, 2.75) is 39.2 Å². The molecule has 0 radical (unpaired) electrons. The second-order valence-electron chi connectivity index (χ2n) is 7.44. The van der Waals surface area contributed by atoms with Crippen LogP contribution in [0.3, 0.4) is 0 Å². The molecule has 2 aromatic rings. The van der Waals surface area contributed by atoms with Crippen molar-refractivity contribution in [1.29, 1.82) is 0 Å². The van der Waals surface area contributed by atoms with E-state index in [4.69, 9.17) is 0 Å². The Hall–Kier alpha value is -2.74. The summed E-state index contributed by atoms with van der Waals surface area (Å²) < 4.78 is 40.1. The van der Waals surface area contributed by atoms with Crippen LogP contribution in [-0.4, -0.2) is 31.3 Å². The second-order valence-corrected chi connectivity index (χ2v) is 9.19. The first-order chi connectivity index (χ1) is 14.2. The van der Waals surface area contributed by atoms with Crippen molar-refractivity contribution in [3.8, 4) is 0 Å². The van der Waals surface area contributed by atoms with E-state index >= 15 is 0 Å². The van der Waals surface area contributed by atoms with Crippen LogP contribution in [0.4, 0.5) is 10.1 Å². The fraction of sp³-hybridized carbons (Fsp3) is 0.364. The number of anilines is 1. The number of rotatable bonds is 7. The Bertz CT molecular complexity index is 1060. The van der Waals surface area contributed by atoms with Crippen LogP contribution in [0.15, 0.2) is 53.6 Å². The number of carbonyl (C=O) groups is 1. The molecule has 1 aliphatic heterocycles. The number of amides is 1. The fourth-order valence-corrected chi connectivity index (χ4v) is 4.23. The highest BCUT2D eigenvalue weighted by atomic mass is 32.2. The van der Waals surface area contributed by atoms with Crippen LogP contribution in [-0.2, 0) is 14.8 Å². The molecule has 1 N–H and O–H groups in total. The maximum absolute atomic E-state index is 14.6. The molecule has 0 aliphatic carbocycles. The predicted octanol–water partition coefficient (Wildman–Crippen LogP) is 4.31. The zero-order valence-electron chi connectivity index (χ0n) is 17.3. The first-order valence-corrected chi connectivity index (χ1v) is 11.9. The summed E-state index contributed by atoms with van der Waals surface area (Å²) >= 11 is 0. The summed E-state index contributed by atoms with van der Waals surface area (Å²) in [5, 5.41) is 5.97. The third kappa shape index (κ3) is 4.87. The molecular weight excluding hydrogens is 405 g/mol. The van der Waals surface area contributed by atoms with Gasteiger partial charge in [0.15, 0.2) is 0 Å². The second kappa shape index (κ2) is 8.95. The zero-order valence-corrected chi connectivity index (χ0v) is 18.1. The molecule has 6 nitrogen and oxygen atoms in total. The average molecular weight is 432 g/mol. The third-order valence-corrected chi connectivity index (χ3v) is 5.84. The number of sulfonamides is 1.